The van der Waals surface area contributed by atoms with Crippen molar-refractivity contribution in [3.63, 3.8) is 0 Å². The van der Waals surface area contributed by atoms with E-state index in [-0.39, 0.29) is 24.5 Å². The van der Waals surface area contributed by atoms with E-state index in [0.717, 1.165) is 16.7 Å². The van der Waals surface area contributed by atoms with E-state index in [9.17, 15) is 9.59 Å². The van der Waals surface area contributed by atoms with Crippen molar-refractivity contribution >= 4 is 17.5 Å². The Morgan fingerprint density at radius 3 is 2.17 bits per heavy atom. The molecule has 5 nitrogen and oxygen atoms in total. The number of hydrogen-bond donors (Lipinski definition) is 2. The van der Waals surface area contributed by atoms with E-state index < -0.39 is 0 Å². The van der Waals surface area contributed by atoms with Crippen LogP contribution in [0.15, 0.2) is 78.9 Å². The van der Waals surface area contributed by atoms with Crippen LogP contribution in [0.4, 0.5) is 5.69 Å². The number of hydrogen-bond acceptors (Lipinski definition) is 3. The van der Waals surface area contributed by atoms with Crippen molar-refractivity contribution in [1.82, 2.24) is 5.32 Å². The fourth-order valence-corrected chi connectivity index (χ4v) is 2.99. The fraction of sp³-hybridized carbons (Fsp3) is 0.167. The van der Waals surface area contributed by atoms with Crippen LogP contribution >= 0.6 is 0 Å². The van der Waals surface area contributed by atoms with Gasteiger partial charge in [-0.2, -0.15) is 0 Å². The molecule has 3 aromatic carbocycles. The maximum Gasteiger partial charge on any atom is 0.258 e. The lowest BCUT2D eigenvalue weighted by molar-refractivity contribution is -0.123. The van der Waals surface area contributed by atoms with E-state index in [4.69, 9.17) is 4.74 Å². The van der Waals surface area contributed by atoms with Gasteiger partial charge in [0.25, 0.3) is 5.91 Å². The summed E-state index contributed by atoms with van der Waals surface area (Å²) < 4.78 is 5.59. The molecular formula is C24H24N2O3. The first-order valence-corrected chi connectivity index (χ1v) is 9.47. The first-order chi connectivity index (χ1) is 14.0. The molecule has 2 amide bonds. The van der Waals surface area contributed by atoms with Crippen LogP contribution in [0, 0.1) is 0 Å². The number of para-hydroxylation sites is 2. The lowest BCUT2D eigenvalue weighted by atomic mass is 10.0. The molecule has 0 saturated carbocycles. The van der Waals surface area contributed by atoms with Crippen molar-refractivity contribution in [3.05, 3.63) is 84.4 Å². The summed E-state index contributed by atoms with van der Waals surface area (Å²) in [5.41, 5.74) is 3.83. The molecule has 0 radical (unpaired) electrons. The summed E-state index contributed by atoms with van der Waals surface area (Å²) in [7, 11) is 0. The van der Waals surface area contributed by atoms with Crippen molar-refractivity contribution < 1.29 is 14.3 Å². The van der Waals surface area contributed by atoms with Crippen LogP contribution in [0.2, 0.25) is 0 Å². The number of rotatable bonds is 7. The Bertz CT molecular complexity index is 969. The molecule has 0 aliphatic heterocycles. The van der Waals surface area contributed by atoms with E-state index in [1.54, 1.807) is 24.3 Å². The Labute approximate surface area is 170 Å². The Hall–Kier alpha value is -3.60. The second-order valence-electron chi connectivity index (χ2n) is 6.74. The van der Waals surface area contributed by atoms with Crippen LogP contribution in [0.3, 0.4) is 0 Å². The normalized spacial score (nSPS) is 11.4. The Morgan fingerprint density at radius 2 is 1.48 bits per heavy atom. The summed E-state index contributed by atoms with van der Waals surface area (Å²) in [6.45, 7) is 3.22. The van der Waals surface area contributed by atoms with Gasteiger partial charge in [0.05, 0.1) is 11.7 Å². The van der Waals surface area contributed by atoms with Crippen molar-refractivity contribution in [1.29, 1.82) is 0 Å². The number of ether oxygens (including phenoxy) is 1. The predicted molar refractivity (Wildman–Crippen MR) is 115 cm³/mol. The minimum atomic E-state index is -0.234. The minimum absolute atomic E-state index is 0.136. The van der Waals surface area contributed by atoms with Crippen molar-refractivity contribution in [2.45, 2.75) is 19.9 Å². The summed E-state index contributed by atoms with van der Waals surface area (Å²) >= 11 is 0. The fourth-order valence-electron chi connectivity index (χ4n) is 2.99. The van der Waals surface area contributed by atoms with Crippen LogP contribution in [0.25, 0.3) is 11.1 Å². The van der Waals surface area contributed by atoms with Crippen LogP contribution < -0.4 is 15.4 Å². The van der Waals surface area contributed by atoms with E-state index in [1.165, 1.54) is 6.92 Å². The quantitative estimate of drug-likeness (QED) is 0.623. The number of nitrogens with one attached hydrogen (secondary N) is 2. The van der Waals surface area contributed by atoms with Gasteiger partial charge in [0.15, 0.2) is 6.61 Å². The van der Waals surface area contributed by atoms with Gasteiger partial charge in [-0.15, -0.1) is 0 Å². The van der Waals surface area contributed by atoms with Gasteiger partial charge < -0.3 is 15.4 Å². The van der Waals surface area contributed by atoms with Crippen molar-refractivity contribution in [3.8, 4) is 16.9 Å². The SMILES string of the molecule is CC(=O)Nc1ccccc1OCC(=O)NC(C)c1ccc(-c2ccccc2)cc1. The molecule has 148 valence electrons. The number of benzene rings is 3. The van der Waals surface area contributed by atoms with Gasteiger partial charge in [-0.3, -0.25) is 9.59 Å². The highest BCUT2D eigenvalue weighted by atomic mass is 16.5. The number of anilines is 1. The zero-order valence-corrected chi connectivity index (χ0v) is 16.5. The van der Waals surface area contributed by atoms with E-state index in [2.05, 4.69) is 22.8 Å². The molecule has 0 spiro atoms. The molecule has 0 bridgehead atoms. The van der Waals surface area contributed by atoms with Crippen LogP contribution in [-0.4, -0.2) is 18.4 Å². The van der Waals surface area contributed by atoms with Gasteiger partial charge in [0.1, 0.15) is 5.75 Å². The zero-order valence-electron chi connectivity index (χ0n) is 16.5. The Morgan fingerprint density at radius 1 is 0.862 bits per heavy atom. The molecule has 29 heavy (non-hydrogen) atoms. The topological polar surface area (TPSA) is 67.4 Å². The summed E-state index contributed by atoms with van der Waals surface area (Å²) in [5.74, 6) is 0.0260. The highest BCUT2D eigenvalue weighted by molar-refractivity contribution is 5.90. The second kappa shape index (κ2) is 9.55. The van der Waals surface area contributed by atoms with Gasteiger partial charge in [-0.25, -0.2) is 0 Å². The number of amides is 2. The molecule has 0 aliphatic rings. The van der Waals surface area contributed by atoms with Crippen LogP contribution in [0.1, 0.15) is 25.5 Å². The monoisotopic (exact) mass is 388 g/mol. The van der Waals surface area contributed by atoms with E-state index in [0.29, 0.717) is 11.4 Å². The summed E-state index contributed by atoms with van der Waals surface area (Å²) in [5, 5.41) is 5.62. The van der Waals surface area contributed by atoms with Crippen LogP contribution in [-0.2, 0) is 9.59 Å². The highest BCUT2D eigenvalue weighted by Gasteiger charge is 2.12. The first kappa shape index (κ1) is 20.1. The molecule has 5 heteroatoms. The molecular weight excluding hydrogens is 364 g/mol. The third-order valence-electron chi connectivity index (χ3n) is 4.45. The third kappa shape index (κ3) is 5.69. The molecule has 1 atom stereocenters. The lowest BCUT2D eigenvalue weighted by Crippen LogP contribution is -2.31. The number of carbonyl (C=O) groups excluding carboxylic acids is 2. The largest absolute Gasteiger partial charge is 0.482 e. The zero-order chi connectivity index (χ0) is 20.6. The van der Waals surface area contributed by atoms with Gasteiger partial charge in [0, 0.05) is 6.92 Å². The maximum absolute atomic E-state index is 12.3. The van der Waals surface area contributed by atoms with Gasteiger partial charge >= 0.3 is 0 Å². The molecule has 0 heterocycles. The summed E-state index contributed by atoms with van der Waals surface area (Å²) in [6.07, 6.45) is 0. The minimum Gasteiger partial charge on any atom is -0.482 e. The first-order valence-electron chi connectivity index (χ1n) is 9.47. The molecule has 0 aromatic heterocycles. The van der Waals surface area contributed by atoms with Gasteiger partial charge in [-0.1, -0.05) is 66.7 Å². The van der Waals surface area contributed by atoms with E-state index >= 15 is 0 Å². The maximum atomic E-state index is 12.3. The average molecular weight is 388 g/mol. The smallest absolute Gasteiger partial charge is 0.258 e. The second-order valence-corrected chi connectivity index (χ2v) is 6.74. The Kier molecular flexibility index (Phi) is 6.63. The van der Waals surface area contributed by atoms with Gasteiger partial charge in [0.2, 0.25) is 5.91 Å². The molecule has 3 aromatic rings. The average Bonchev–Trinajstić information content (AvgIpc) is 2.73. The number of carbonyl (C=O) groups is 2. The van der Waals surface area contributed by atoms with Crippen LogP contribution in [0.5, 0.6) is 5.75 Å². The lowest BCUT2D eigenvalue weighted by Gasteiger charge is -2.16. The Balaban J connectivity index is 1.56. The molecule has 1 unspecified atom stereocenters. The standard InChI is InChI=1S/C24H24N2O3/c1-17(19-12-14-21(15-13-19)20-8-4-3-5-9-20)25-24(28)16-29-23-11-7-6-10-22(23)26-18(2)27/h3-15,17H,16H2,1-2H3,(H,25,28)(H,26,27). The molecule has 3 rings (SSSR count). The summed E-state index contributed by atoms with van der Waals surface area (Å²) in [4.78, 5) is 23.6. The van der Waals surface area contributed by atoms with Crippen molar-refractivity contribution in [2.24, 2.45) is 0 Å². The molecule has 2 N–H and O–H groups in total. The molecule has 0 saturated heterocycles. The van der Waals surface area contributed by atoms with E-state index in [1.807, 2.05) is 49.4 Å². The predicted octanol–water partition coefficient (Wildman–Crippen LogP) is 4.57. The summed E-state index contributed by atoms with van der Waals surface area (Å²) in [6, 6.07) is 25.1. The third-order valence-corrected chi connectivity index (χ3v) is 4.45. The highest BCUT2D eigenvalue weighted by Crippen LogP contribution is 2.24. The van der Waals surface area contributed by atoms with Crippen molar-refractivity contribution in [2.75, 3.05) is 11.9 Å². The molecule has 0 fully saturated rings. The van der Waals surface area contributed by atoms with Gasteiger partial charge in [-0.05, 0) is 35.7 Å². The molecule has 0 aliphatic carbocycles.